The Balaban J connectivity index is 1.61. The fourth-order valence-electron chi connectivity index (χ4n) is 3.95. The summed E-state index contributed by atoms with van der Waals surface area (Å²) in [6.07, 6.45) is 6.03. The van der Waals surface area contributed by atoms with E-state index in [0.29, 0.717) is 16.9 Å². The molecule has 0 saturated heterocycles. The van der Waals surface area contributed by atoms with Crippen molar-refractivity contribution in [3.05, 3.63) is 65.4 Å². The van der Waals surface area contributed by atoms with Gasteiger partial charge < -0.3 is 24.7 Å². The Kier molecular flexibility index (Phi) is 6.01. The van der Waals surface area contributed by atoms with Gasteiger partial charge in [0.2, 0.25) is 11.7 Å². The molecule has 0 radical (unpaired) electrons. The molecule has 0 bridgehead atoms. The van der Waals surface area contributed by atoms with E-state index in [0.717, 1.165) is 41.7 Å². The topological polar surface area (TPSA) is 86.8 Å². The van der Waals surface area contributed by atoms with E-state index in [-0.39, 0.29) is 5.78 Å². The number of ether oxygens (including phenoxy) is 2. The lowest BCUT2D eigenvalue weighted by molar-refractivity contribution is 0.0906. The summed E-state index contributed by atoms with van der Waals surface area (Å²) in [5.41, 5.74) is 8.09. The first-order valence-corrected chi connectivity index (χ1v) is 10.5. The molecule has 7 heteroatoms. The highest BCUT2D eigenvalue weighted by atomic mass is 16.5. The number of benzene rings is 2. The molecule has 2 heterocycles. The second-order valence-electron chi connectivity index (χ2n) is 8.15. The Hall–Kier alpha value is -3.58. The molecular weight excluding hydrogens is 406 g/mol. The zero-order valence-corrected chi connectivity index (χ0v) is 18.5. The molecule has 4 rings (SSSR count). The van der Waals surface area contributed by atoms with Crippen molar-refractivity contribution in [2.24, 2.45) is 5.73 Å². The number of ketones is 1. The van der Waals surface area contributed by atoms with Gasteiger partial charge in [-0.3, -0.25) is 9.59 Å². The van der Waals surface area contributed by atoms with Crippen LogP contribution in [0.15, 0.2) is 48.7 Å². The third kappa shape index (κ3) is 4.24. The van der Waals surface area contributed by atoms with Gasteiger partial charge >= 0.3 is 0 Å². The first-order chi connectivity index (χ1) is 15.4. The number of methoxy groups -OCH3 is 1. The molecule has 1 aromatic heterocycles. The van der Waals surface area contributed by atoms with Crippen molar-refractivity contribution in [1.29, 1.82) is 0 Å². The Morgan fingerprint density at radius 1 is 1.25 bits per heavy atom. The van der Waals surface area contributed by atoms with Gasteiger partial charge in [0.1, 0.15) is 11.5 Å². The molecule has 2 aromatic carbocycles. The van der Waals surface area contributed by atoms with E-state index in [1.165, 1.54) is 6.07 Å². The van der Waals surface area contributed by atoms with Crippen molar-refractivity contribution in [3.8, 4) is 11.5 Å². The molecule has 166 valence electrons. The summed E-state index contributed by atoms with van der Waals surface area (Å²) in [6, 6.07) is 10.7. The van der Waals surface area contributed by atoms with Crippen LogP contribution in [0.2, 0.25) is 0 Å². The van der Waals surface area contributed by atoms with Crippen molar-refractivity contribution in [1.82, 2.24) is 9.47 Å². The van der Waals surface area contributed by atoms with E-state index in [1.807, 2.05) is 18.2 Å². The van der Waals surface area contributed by atoms with Gasteiger partial charge in [0, 0.05) is 29.2 Å². The van der Waals surface area contributed by atoms with Crippen molar-refractivity contribution in [2.45, 2.75) is 19.1 Å². The number of primary amides is 1. The highest BCUT2D eigenvalue weighted by Crippen LogP contribution is 2.32. The number of aromatic nitrogens is 1. The fraction of sp³-hybridized carbons (Fsp3) is 0.280. The van der Waals surface area contributed by atoms with Crippen molar-refractivity contribution < 1.29 is 19.1 Å². The minimum Gasteiger partial charge on any atom is -0.497 e. The predicted octanol–water partition coefficient (Wildman–Crippen LogP) is 3.36. The molecule has 3 aromatic rings. The van der Waals surface area contributed by atoms with E-state index in [2.05, 4.69) is 35.8 Å². The maximum Gasteiger partial charge on any atom is 0.248 e. The van der Waals surface area contributed by atoms with Crippen LogP contribution in [0.5, 0.6) is 11.5 Å². The fourth-order valence-corrected chi connectivity index (χ4v) is 3.95. The lowest BCUT2D eigenvalue weighted by Crippen LogP contribution is -2.17. The summed E-state index contributed by atoms with van der Waals surface area (Å²) < 4.78 is 13.4. The molecular formula is C25H27N3O4. The molecule has 0 aliphatic carbocycles. The summed E-state index contributed by atoms with van der Waals surface area (Å²) in [7, 11) is 5.78. The maximum atomic E-state index is 12.8. The Morgan fingerprint density at radius 3 is 2.78 bits per heavy atom. The largest absolute Gasteiger partial charge is 0.497 e. The Labute approximate surface area is 187 Å². The van der Waals surface area contributed by atoms with Gasteiger partial charge in [-0.15, -0.1) is 0 Å². The summed E-state index contributed by atoms with van der Waals surface area (Å²) in [6.45, 7) is 1.88. The quantitative estimate of drug-likeness (QED) is 0.589. The molecule has 7 nitrogen and oxygen atoms in total. The van der Waals surface area contributed by atoms with Gasteiger partial charge in [-0.1, -0.05) is 6.08 Å². The van der Waals surface area contributed by atoms with Crippen LogP contribution in [0.4, 0.5) is 0 Å². The average molecular weight is 434 g/mol. The van der Waals surface area contributed by atoms with Gasteiger partial charge in [0.25, 0.3) is 0 Å². The Morgan fingerprint density at radius 2 is 2.06 bits per heavy atom. The number of rotatable bonds is 8. The Bertz CT molecular complexity index is 1210. The maximum absolute atomic E-state index is 12.8. The van der Waals surface area contributed by atoms with E-state index in [4.69, 9.17) is 15.2 Å². The number of nitrogens with two attached hydrogens (primary N) is 1. The highest BCUT2D eigenvalue weighted by Gasteiger charge is 2.31. The number of hydrogen-bond donors (Lipinski definition) is 1. The lowest BCUT2D eigenvalue weighted by Gasteiger charge is -2.10. The van der Waals surface area contributed by atoms with Crippen LogP contribution >= 0.6 is 0 Å². The van der Waals surface area contributed by atoms with Crippen LogP contribution in [-0.2, 0) is 6.54 Å². The SMILES string of the molecule is COc1ccc2c(c1)c(C=CC1Oc3ccc(C(N)=O)cc3C1=O)cn2CCCN(C)C. The number of fused-ring (bicyclic) bond motifs is 2. The number of hydrogen-bond acceptors (Lipinski definition) is 5. The van der Waals surface area contributed by atoms with Gasteiger partial charge in [0.05, 0.1) is 12.7 Å². The molecule has 2 N–H and O–H groups in total. The zero-order valence-electron chi connectivity index (χ0n) is 18.5. The molecule has 1 amide bonds. The number of carbonyl (C=O) groups excluding carboxylic acids is 2. The summed E-state index contributed by atoms with van der Waals surface area (Å²) in [5, 5.41) is 1.05. The first kappa shape index (κ1) is 21.6. The molecule has 0 saturated carbocycles. The average Bonchev–Trinajstić information content (AvgIpc) is 3.28. The third-order valence-electron chi connectivity index (χ3n) is 5.62. The summed E-state index contributed by atoms with van der Waals surface area (Å²) >= 11 is 0. The van der Waals surface area contributed by atoms with Gasteiger partial charge in [-0.05, 0) is 75.1 Å². The van der Waals surface area contributed by atoms with Crippen molar-refractivity contribution in [2.75, 3.05) is 27.7 Å². The van der Waals surface area contributed by atoms with E-state index >= 15 is 0 Å². The van der Waals surface area contributed by atoms with Crippen LogP contribution in [0.3, 0.4) is 0 Å². The molecule has 32 heavy (non-hydrogen) atoms. The highest BCUT2D eigenvalue weighted by molar-refractivity contribution is 6.08. The van der Waals surface area contributed by atoms with Crippen molar-refractivity contribution in [3.63, 3.8) is 0 Å². The monoisotopic (exact) mass is 433 g/mol. The standard InChI is InChI=1S/C25H27N3O4/c1-27(2)11-4-12-28-15-17(19-14-18(31-3)7-8-21(19)28)6-10-23-24(29)20-13-16(25(26)30)5-9-22(20)32-23/h5-10,13-15,23H,4,11-12H2,1-3H3,(H2,26,30). The second-order valence-corrected chi connectivity index (χ2v) is 8.15. The van der Waals surface area contributed by atoms with Crippen LogP contribution in [0, 0.1) is 0 Å². The van der Waals surface area contributed by atoms with Crippen LogP contribution < -0.4 is 15.2 Å². The third-order valence-corrected chi connectivity index (χ3v) is 5.62. The van der Waals surface area contributed by atoms with Gasteiger partial charge in [-0.25, -0.2) is 0 Å². The normalized spacial score (nSPS) is 15.5. The molecule has 0 spiro atoms. The smallest absolute Gasteiger partial charge is 0.248 e. The zero-order chi connectivity index (χ0) is 22.8. The van der Waals surface area contributed by atoms with Gasteiger partial charge in [-0.2, -0.15) is 0 Å². The molecule has 1 aliphatic heterocycles. The van der Waals surface area contributed by atoms with Gasteiger partial charge in [0.15, 0.2) is 6.10 Å². The van der Waals surface area contributed by atoms with Crippen molar-refractivity contribution >= 4 is 28.7 Å². The number of aryl methyl sites for hydroxylation is 1. The molecule has 1 aliphatic rings. The van der Waals surface area contributed by atoms with Crippen LogP contribution in [-0.4, -0.2) is 55.0 Å². The number of nitrogens with zero attached hydrogens (tertiary/aromatic N) is 2. The lowest BCUT2D eigenvalue weighted by atomic mass is 10.0. The molecule has 1 atom stereocenters. The minimum atomic E-state index is -0.745. The second kappa shape index (κ2) is 8.88. The predicted molar refractivity (Wildman–Crippen MR) is 124 cm³/mol. The number of Topliss-reactive ketones (excluding diaryl/α,β-unsaturated/α-hetero) is 1. The first-order valence-electron chi connectivity index (χ1n) is 10.5. The van der Waals surface area contributed by atoms with Crippen LogP contribution in [0.1, 0.15) is 32.7 Å². The summed E-state index contributed by atoms with van der Waals surface area (Å²) in [4.78, 5) is 26.4. The number of carbonyl (C=O) groups is 2. The van der Waals surface area contributed by atoms with Crippen LogP contribution in [0.25, 0.3) is 17.0 Å². The number of amides is 1. The summed E-state index contributed by atoms with van der Waals surface area (Å²) in [5.74, 6) is 0.475. The van der Waals surface area contributed by atoms with E-state index < -0.39 is 12.0 Å². The minimum absolute atomic E-state index is 0.188. The molecule has 0 fully saturated rings. The molecule has 1 unspecified atom stereocenters. The van der Waals surface area contributed by atoms with E-state index in [1.54, 1.807) is 25.3 Å². The van der Waals surface area contributed by atoms with E-state index in [9.17, 15) is 9.59 Å².